The average Bonchev–Trinajstić information content (AvgIpc) is 2.25. The molecular weight excluding hydrogens is 220 g/mol. The molecule has 0 spiro atoms. The molecule has 0 aliphatic carbocycles. The highest BCUT2D eigenvalue weighted by atomic mass is 35.5. The number of nitrogens with one attached hydrogen (secondary N) is 1. The Morgan fingerprint density at radius 3 is 2.56 bits per heavy atom. The maximum atomic E-state index is 6.31. The molecule has 1 fully saturated rings. The van der Waals surface area contributed by atoms with Crippen LogP contribution in [0, 0.1) is 13.8 Å². The quantitative estimate of drug-likeness (QED) is 0.851. The standard InChI is InChI=1S/C13H19ClN2/c1-10-7-11(2)12(13(14)8-10)9-16-5-3-15-4-6-16/h7-8,15H,3-6,9H2,1-2H3. The Kier molecular flexibility index (Phi) is 3.85. The first-order valence-electron chi connectivity index (χ1n) is 5.85. The van der Waals surface area contributed by atoms with Crippen molar-refractivity contribution in [1.82, 2.24) is 10.2 Å². The van der Waals surface area contributed by atoms with Gasteiger partial charge in [0.2, 0.25) is 0 Å². The minimum atomic E-state index is 0.913. The lowest BCUT2D eigenvalue weighted by molar-refractivity contribution is 0.233. The predicted molar refractivity (Wildman–Crippen MR) is 69.1 cm³/mol. The molecule has 1 N–H and O–H groups in total. The number of benzene rings is 1. The van der Waals surface area contributed by atoms with Gasteiger partial charge in [0.05, 0.1) is 0 Å². The summed E-state index contributed by atoms with van der Waals surface area (Å²) >= 11 is 6.31. The second-order valence-electron chi connectivity index (χ2n) is 4.57. The summed E-state index contributed by atoms with van der Waals surface area (Å²) < 4.78 is 0. The van der Waals surface area contributed by atoms with E-state index in [-0.39, 0.29) is 0 Å². The van der Waals surface area contributed by atoms with Crippen LogP contribution in [0.15, 0.2) is 12.1 Å². The van der Waals surface area contributed by atoms with Crippen LogP contribution in [0.25, 0.3) is 0 Å². The van der Waals surface area contributed by atoms with Crippen LogP contribution in [0.4, 0.5) is 0 Å². The predicted octanol–water partition coefficient (Wildman–Crippen LogP) is 2.36. The highest BCUT2D eigenvalue weighted by Gasteiger charge is 2.13. The summed E-state index contributed by atoms with van der Waals surface area (Å²) in [5, 5.41) is 4.28. The summed E-state index contributed by atoms with van der Waals surface area (Å²) in [4.78, 5) is 2.46. The third kappa shape index (κ3) is 2.76. The Labute approximate surface area is 103 Å². The summed E-state index contributed by atoms with van der Waals surface area (Å²) in [6.07, 6.45) is 0. The first kappa shape index (κ1) is 11.9. The molecule has 3 heteroatoms. The number of nitrogens with zero attached hydrogens (tertiary/aromatic N) is 1. The first-order valence-corrected chi connectivity index (χ1v) is 6.23. The number of piperazine rings is 1. The van der Waals surface area contributed by atoms with E-state index < -0.39 is 0 Å². The molecular formula is C13H19ClN2. The number of halogens is 1. The molecule has 0 atom stereocenters. The molecule has 0 saturated carbocycles. The molecule has 2 nitrogen and oxygen atoms in total. The Balaban J connectivity index is 2.14. The van der Waals surface area contributed by atoms with E-state index in [4.69, 9.17) is 11.6 Å². The topological polar surface area (TPSA) is 15.3 Å². The molecule has 1 heterocycles. The lowest BCUT2D eigenvalue weighted by Crippen LogP contribution is -2.43. The van der Waals surface area contributed by atoms with E-state index in [1.807, 2.05) is 0 Å². The molecule has 0 amide bonds. The first-order chi connectivity index (χ1) is 7.66. The van der Waals surface area contributed by atoms with Gasteiger partial charge in [-0.15, -0.1) is 0 Å². The SMILES string of the molecule is Cc1cc(C)c(CN2CCNCC2)c(Cl)c1. The van der Waals surface area contributed by atoms with Crippen LogP contribution in [0.5, 0.6) is 0 Å². The fourth-order valence-corrected chi connectivity index (χ4v) is 2.62. The largest absolute Gasteiger partial charge is 0.314 e. The van der Waals surface area contributed by atoms with Gasteiger partial charge in [-0.2, -0.15) is 0 Å². The Morgan fingerprint density at radius 2 is 1.94 bits per heavy atom. The normalized spacial score (nSPS) is 17.7. The molecule has 0 radical (unpaired) electrons. The number of hydrogen-bond donors (Lipinski definition) is 1. The third-order valence-corrected chi connectivity index (χ3v) is 3.49. The molecule has 0 unspecified atom stereocenters. The molecule has 2 rings (SSSR count). The molecule has 1 aliphatic heterocycles. The van der Waals surface area contributed by atoms with Gasteiger partial charge in [-0.25, -0.2) is 0 Å². The minimum Gasteiger partial charge on any atom is -0.314 e. The monoisotopic (exact) mass is 238 g/mol. The van der Waals surface area contributed by atoms with Crippen LogP contribution >= 0.6 is 11.6 Å². The van der Waals surface area contributed by atoms with E-state index in [9.17, 15) is 0 Å². The fraction of sp³-hybridized carbons (Fsp3) is 0.538. The average molecular weight is 239 g/mol. The van der Waals surface area contributed by atoms with E-state index in [1.165, 1.54) is 16.7 Å². The molecule has 1 saturated heterocycles. The van der Waals surface area contributed by atoms with Crippen molar-refractivity contribution in [2.45, 2.75) is 20.4 Å². The van der Waals surface area contributed by atoms with Gasteiger partial charge in [0.15, 0.2) is 0 Å². The van der Waals surface area contributed by atoms with Crippen LogP contribution in [-0.4, -0.2) is 31.1 Å². The Bertz CT molecular complexity index is 347. The van der Waals surface area contributed by atoms with Gasteiger partial charge in [0.1, 0.15) is 0 Å². The zero-order chi connectivity index (χ0) is 11.5. The van der Waals surface area contributed by atoms with Gasteiger partial charge < -0.3 is 5.32 Å². The van der Waals surface area contributed by atoms with Gasteiger partial charge in [-0.1, -0.05) is 17.7 Å². The lowest BCUT2D eigenvalue weighted by atomic mass is 10.0. The number of aryl methyl sites for hydroxylation is 2. The van der Waals surface area contributed by atoms with Crippen molar-refractivity contribution in [3.63, 3.8) is 0 Å². The van der Waals surface area contributed by atoms with Gasteiger partial charge in [-0.05, 0) is 36.6 Å². The summed E-state index contributed by atoms with van der Waals surface area (Å²) in [5.74, 6) is 0. The van der Waals surface area contributed by atoms with Crippen LogP contribution < -0.4 is 5.32 Å². The summed E-state index contributed by atoms with van der Waals surface area (Å²) in [7, 11) is 0. The molecule has 1 aliphatic rings. The van der Waals surface area contributed by atoms with E-state index in [2.05, 4.69) is 36.2 Å². The highest BCUT2D eigenvalue weighted by Crippen LogP contribution is 2.23. The van der Waals surface area contributed by atoms with Crippen molar-refractivity contribution < 1.29 is 0 Å². The maximum Gasteiger partial charge on any atom is 0.0456 e. The lowest BCUT2D eigenvalue weighted by Gasteiger charge is -2.28. The van der Waals surface area contributed by atoms with Gasteiger partial charge in [-0.3, -0.25) is 4.90 Å². The van der Waals surface area contributed by atoms with Crippen molar-refractivity contribution in [3.8, 4) is 0 Å². The highest BCUT2D eigenvalue weighted by molar-refractivity contribution is 6.31. The molecule has 1 aromatic carbocycles. The second-order valence-corrected chi connectivity index (χ2v) is 4.98. The van der Waals surface area contributed by atoms with Crippen molar-refractivity contribution in [3.05, 3.63) is 33.8 Å². The second kappa shape index (κ2) is 5.17. The molecule has 0 aromatic heterocycles. The van der Waals surface area contributed by atoms with Crippen LogP contribution in [0.1, 0.15) is 16.7 Å². The van der Waals surface area contributed by atoms with Gasteiger partial charge in [0, 0.05) is 37.7 Å². The molecule has 88 valence electrons. The fourth-order valence-electron chi connectivity index (χ4n) is 2.24. The van der Waals surface area contributed by atoms with Crippen LogP contribution in [0.2, 0.25) is 5.02 Å². The van der Waals surface area contributed by atoms with Crippen molar-refractivity contribution in [2.24, 2.45) is 0 Å². The van der Waals surface area contributed by atoms with E-state index in [0.717, 1.165) is 37.7 Å². The number of hydrogen-bond acceptors (Lipinski definition) is 2. The van der Waals surface area contributed by atoms with E-state index in [0.29, 0.717) is 0 Å². The van der Waals surface area contributed by atoms with E-state index in [1.54, 1.807) is 0 Å². The van der Waals surface area contributed by atoms with Crippen molar-refractivity contribution in [2.75, 3.05) is 26.2 Å². The van der Waals surface area contributed by atoms with Crippen LogP contribution in [0.3, 0.4) is 0 Å². The maximum absolute atomic E-state index is 6.31. The minimum absolute atomic E-state index is 0.913. The smallest absolute Gasteiger partial charge is 0.0456 e. The third-order valence-electron chi connectivity index (χ3n) is 3.15. The van der Waals surface area contributed by atoms with Gasteiger partial charge >= 0.3 is 0 Å². The van der Waals surface area contributed by atoms with E-state index >= 15 is 0 Å². The summed E-state index contributed by atoms with van der Waals surface area (Å²) in [6.45, 7) is 9.62. The zero-order valence-corrected chi connectivity index (χ0v) is 10.8. The van der Waals surface area contributed by atoms with Crippen molar-refractivity contribution in [1.29, 1.82) is 0 Å². The summed E-state index contributed by atoms with van der Waals surface area (Å²) in [5.41, 5.74) is 3.84. The molecule has 1 aromatic rings. The summed E-state index contributed by atoms with van der Waals surface area (Å²) in [6, 6.07) is 4.27. The number of rotatable bonds is 2. The van der Waals surface area contributed by atoms with Gasteiger partial charge in [0.25, 0.3) is 0 Å². The molecule has 16 heavy (non-hydrogen) atoms. The Morgan fingerprint density at radius 1 is 1.25 bits per heavy atom. The zero-order valence-electron chi connectivity index (χ0n) is 10.0. The van der Waals surface area contributed by atoms with Crippen molar-refractivity contribution >= 4 is 11.6 Å². The Hall–Kier alpha value is -0.570. The molecule has 0 bridgehead atoms. The van der Waals surface area contributed by atoms with Crippen LogP contribution in [-0.2, 0) is 6.54 Å².